The van der Waals surface area contributed by atoms with Crippen LogP contribution in [0.1, 0.15) is 22.3 Å². The maximum Gasteiger partial charge on any atom is 0.416 e. The molecular weight excluding hydrogens is 478 g/mol. The minimum atomic E-state index is -4.54. The number of hydrazone groups is 1. The molecule has 33 heavy (non-hydrogen) atoms. The number of nitrogens with two attached hydrogens (primary N) is 1. The Hall–Kier alpha value is -3.07. The number of carbonyl (C=O) groups excluding carboxylic acids is 1. The number of benzene rings is 3. The summed E-state index contributed by atoms with van der Waals surface area (Å²) < 4.78 is 38.8. The predicted octanol–water partition coefficient (Wildman–Crippen LogP) is 5.75. The van der Waals surface area contributed by atoms with Crippen molar-refractivity contribution in [1.29, 1.82) is 0 Å². The first-order valence-electron chi connectivity index (χ1n) is 9.62. The Kier molecular flexibility index (Phi) is 5.86. The number of primary amides is 1. The number of rotatable bonds is 3. The summed E-state index contributed by atoms with van der Waals surface area (Å²) in [5.41, 5.74) is 4.69. The lowest BCUT2D eigenvalue weighted by Gasteiger charge is -2.26. The lowest BCUT2D eigenvalue weighted by atomic mass is 9.89. The van der Waals surface area contributed by atoms with E-state index >= 15 is 0 Å². The lowest BCUT2D eigenvalue weighted by Crippen LogP contribution is -2.38. The first-order valence-corrected chi connectivity index (χ1v) is 10.4. The summed E-state index contributed by atoms with van der Waals surface area (Å²) in [7, 11) is 0. The third-order valence-electron chi connectivity index (χ3n) is 5.33. The van der Waals surface area contributed by atoms with E-state index in [1.807, 2.05) is 0 Å². The Morgan fingerprint density at radius 2 is 1.61 bits per heavy atom. The molecule has 3 aromatic rings. The lowest BCUT2D eigenvalue weighted by molar-refractivity contribution is -0.137. The van der Waals surface area contributed by atoms with Crippen LogP contribution < -0.4 is 10.7 Å². The number of halogens is 5. The molecule has 0 fully saturated rings. The number of anilines is 1. The van der Waals surface area contributed by atoms with Crippen molar-refractivity contribution in [2.24, 2.45) is 10.8 Å². The molecule has 1 aliphatic rings. The molecule has 0 aliphatic heterocycles. The van der Waals surface area contributed by atoms with Gasteiger partial charge in [0.15, 0.2) is 0 Å². The van der Waals surface area contributed by atoms with Gasteiger partial charge >= 0.3 is 12.2 Å². The highest BCUT2D eigenvalue weighted by Gasteiger charge is 2.44. The fourth-order valence-electron chi connectivity index (χ4n) is 3.75. The van der Waals surface area contributed by atoms with Crippen LogP contribution in [-0.4, -0.2) is 16.8 Å². The van der Waals surface area contributed by atoms with E-state index in [0.29, 0.717) is 26.7 Å². The number of carbonyl (C=O) groups is 1. The molecule has 3 aromatic carbocycles. The molecule has 10 heteroatoms. The van der Waals surface area contributed by atoms with Crippen molar-refractivity contribution < 1.29 is 23.1 Å². The summed E-state index contributed by atoms with van der Waals surface area (Å²) in [5, 5.41) is 17.7. The zero-order chi connectivity index (χ0) is 24.0. The second-order valence-corrected chi connectivity index (χ2v) is 8.36. The highest BCUT2D eigenvalue weighted by molar-refractivity contribution is 6.31. The van der Waals surface area contributed by atoms with Crippen LogP contribution in [0.3, 0.4) is 0 Å². The van der Waals surface area contributed by atoms with Crippen molar-refractivity contribution in [3.8, 4) is 0 Å². The van der Waals surface area contributed by atoms with Crippen molar-refractivity contribution in [3.63, 3.8) is 0 Å². The number of amides is 2. The van der Waals surface area contributed by atoms with Crippen LogP contribution in [-0.2, 0) is 18.2 Å². The second-order valence-electron chi connectivity index (χ2n) is 7.49. The van der Waals surface area contributed by atoms with Crippen LogP contribution in [0.25, 0.3) is 0 Å². The summed E-state index contributed by atoms with van der Waals surface area (Å²) in [4.78, 5) is 12.2. The molecule has 0 spiro atoms. The molecule has 4 rings (SSSR count). The van der Waals surface area contributed by atoms with Crippen molar-refractivity contribution in [3.05, 3.63) is 99.0 Å². The third kappa shape index (κ3) is 4.42. The van der Waals surface area contributed by atoms with Gasteiger partial charge in [-0.25, -0.2) is 4.79 Å². The van der Waals surface area contributed by atoms with Gasteiger partial charge in [0.25, 0.3) is 0 Å². The molecule has 3 N–H and O–H groups in total. The van der Waals surface area contributed by atoms with E-state index in [4.69, 9.17) is 28.9 Å². The first-order chi connectivity index (χ1) is 15.5. The summed E-state index contributed by atoms with van der Waals surface area (Å²) in [5.74, 6) is 0. The average molecular weight is 494 g/mol. The van der Waals surface area contributed by atoms with Crippen LogP contribution in [0, 0.1) is 0 Å². The van der Waals surface area contributed by atoms with E-state index in [2.05, 4.69) is 5.10 Å². The maximum absolute atomic E-state index is 12.9. The maximum atomic E-state index is 12.9. The molecule has 1 atom stereocenters. The fourth-order valence-corrected chi connectivity index (χ4v) is 4.07. The number of hydrogen-bond donors (Lipinski definition) is 2. The Morgan fingerprint density at radius 1 is 1.00 bits per heavy atom. The van der Waals surface area contributed by atoms with Gasteiger partial charge in [0.2, 0.25) is 0 Å². The number of urea groups is 1. The van der Waals surface area contributed by atoms with E-state index in [0.717, 1.165) is 29.3 Å². The third-order valence-corrected chi connectivity index (χ3v) is 5.82. The van der Waals surface area contributed by atoms with Gasteiger partial charge in [0.05, 0.1) is 11.3 Å². The second kappa shape index (κ2) is 8.37. The molecule has 2 amide bonds. The van der Waals surface area contributed by atoms with Gasteiger partial charge in [0, 0.05) is 22.0 Å². The van der Waals surface area contributed by atoms with Gasteiger partial charge in [-0.1, -0.05) is 41.4 Å². The molecule has 0 bridgehead atoms. The van der Waals surface area contributed by atoms with Gasteiger partial charge in [-0.05, 0) is 59.7 Å². The van der Waals surface area contributed by atoms with E-state index in [1.54, 1.807) is 42.5 Å². The topological polar surface area (TPSA) is 78.9 Å². The van der Waals surface area contributed by atoms with Crippen molar-refractivity contribution in [2.75, 3.05) is 5.01 Å². The van der Waals surface area contributed by atoms with Crippen molar-refractivity contribution >= 4 is 40.6 Å². The van der Waals surface area contributed by atoms with Gasteiger partial charge in [-0.2, -0.15) is 23.3 Å². The van der Waals surface area contributed by atoms with E-state index in [9.17, 15) is 23.1 Å². The molecule has 1 aliphatic carbocycles. The number of fused-ring (bicyclic) bond motifs is 1. The van der Waals surface area contributed by atoms with E-state index in [1.165, 1.54) is 0 Å². The molecule has 0 radical (unpaired) electrons. The standard InChI is InChI=1S/C23H16Cl2F3N3O2/c24-16-5-1-14(2-6-16)22(33)12-13-11-17(25)7-10-19(13)20(22)30-31(21(29)32)18-8-3-15(4-9-18)23(26,27)28/h1-11,33H,12H2,(H2,29,32)/b30-20-. The Labute approximate surface area is 196 Å². The van der Waals surface area contributed by atoms with E-state index in [-0.39, 0.29) is 17.8 Å². The van der Waals surface area contributed by atoms with Gasteiger partial charge in [0.1, 0.15) is 11.3 Å². The minimum absolute atomic E-state index is 0.00358. The largest absolute Gasteiger partial charge is 0.416 e. The predicted molar refractivity (Wildman–Crippen MR) is 121 cm³/mol. The normalized spacial score (nSPS) is 18.9. The number of alkyl halides is 3. The quantitative estimate of drug-likeness (QED) is 0.456. The number of aliphatic hydroxyl groups is 1. The van der Waals surface area contributed by atoms with E-state index < -0.39 is 23.4 Å². The highest BCUT2D eigenvalue weighted by atomic mass is 35.5. The molecule has 0 saturated heterocycles. The van der Waals surface area contributed by atoms with Crippen LogP contribution in [0.4, 0.5) is 23.7 Å². The van der Waals surface area contributed by atoms with Gasteiger partial charge in [-0.3, -0.25) is 0 Å². The Balaban J connectivity index is 1.86. The monoisotopic (exact) mass is 493 g/mol. The van der Waals surface area contributed by atoms with Gasteiger partial charge in [-0.15, -0.1) is 0 Å². The summed E-state index contributed by atoms with van der Waals surface area (Å²) in [6.07, 6.45) is -4.44. The summed E-state index contributed by atoms with van der Waals surface area (Å²) in [6, 6.07) is 14.1. The molecule has 1 unspecified atom stereocenters. The molecule has 5 nitrogen and oxygen atoms in total. The van der Waals surface area contributed by atoms with Crippen LogP contribution in [0.15, 0.2) is 71.8 Å². The van der Waals surface area contributed by atoms with Crippen LogP contribution >= 0.6 is 23.2 Å². The Bertz CT molecular complexity index is 1250. The molecule has 0 aromatic heterocycles. The molecular formula is C23H16Cl2F3N3O2. The molecule has 170 valence electrons. The van der Waals surface area contributed by atoms with Crippen molar-refractivity contribution in [2.45, 2.75) is 18.2 Å². The van der Waals surface area contributed by atoms with Crippen LogP contribution in [0.5, 0.6) is 0 Å². The minimum Gasteiger partial charge on any atom is -0.378 e. The zero-order valence-corrected chi connectivity index (χ0v) is 18.3. The number of hydrogen-bond acceptors (Lipinski definition) is 3. The Morgan fingerprint density at radius 3 is 2.18 bits per heavy atom. The molecule has 0 heterocycles. The zero-order valence-electron chi connectivity index (χ0n) is 16.8. The van der Waals surface area contributed by atoms with Crippen molar-refractivity contribution in [1.82, 2.24) is 0 Å². The average Bonchev–Trinajstić information content (AvgIpc) is 3.03. The summed E-state index contributed by atoms with van der Waals surface area (Å²) in [6.45, 7) is 0. The molecule has 0 saturated carbocycles. The smallest absolute Gasteiger partial charge is 0.378 e. The fraction of sp³-hybridized carbons (Fsp3) is 0.130. The SMILES string of the molecule is NC(=O)N(/N=C1/c2ccc(Cl)cc2CC1(O)c1ccc(Cl)cc1)c1ccc(C(F)(F)F)cc1. The number of nitrogens with zero attached hydrogens (tertiary/aromatic N) is 2. The summed E-state index contributed by atoms with van der Waals surface area (Å²) >= 11 is 12.1. The van der Waals surface area contributed by atoms with Gasteiger partial charge < -0.3 is 10.8 Å². The highest BCUT2D eigenvalue weighted by Crippen LogP contribution is 2.40. The van der Waals surface area contributed by atoms with Crippen LogP contribution in [0.2, 0.25) is 10.0 Å². The first kappa shape index (κ1) is 23.1.